The monoisotopic (exact) mass is 408 g/mol. The van der Waals surface area contributed by atoms with E-state index in [1.165, 1.54) is 11.5 Å². The van der Waals surface area contributed by atoms with Crippen molar-refractivity contribution in [3.05, 3.63) is 93.3 Å². The molecule has 1 aliphatic rings. The maximum Gasteiger partial charge on any atom is 0.262 e. The minimum absolute atomic E-state index is 0.118. The molecule has 31 heavy (non-hydrogen) atoms. The number of rotatable bonds is 3. The highest BCUT2D eigenvalue weighted by molar-refractivity contribution is 6.30. The summed E-state index contributed by atoms with van der Waals surface area (Å²) in [5, 5.41) is 4.02. The van der Waals surface area contributed by atoms with Gasteiger partial charge >= 0.3 is 0 Å². The summed E-state index contributed by atoms with van der Waals surface area (Å²) in [6, 6.07) is 18.7. The molecule has 1 aliphatic carbocycles. The molecule has 1 aromatic heterocycles. The second-order valence-corrected chi connectivity index (χ2v) is 7.88. The molecule has 1 heterocycles. The molecule has 0 radical (unpaired) electrons. The van der Waals surface area contributed by atoms with Gasteiger partial charge in [-0.15, -0.1) is 0 Å². The summed E-state index contributed by atoms with van der Waals surface area (Å²) in [6.07, 6.45) is 0. The summed E-state index contributed by atoms with van der Waals surface area (Å²) < 4.78 is 1.49. The number of pyridine rings is 1. The first-order valence-electron chi connectivity index (χ1n) is 10.1. The minimum atomic E-state index is -0.350. The molecule has 3 aromatic carbocycles. The third-order valence-electron chi connectivity index (χ3n) is 5.92. The first kappa shape index (κ1) is 19.0. The van der Waals surface area contributed by atoms with Gasteiger partial charge in [0.25, 0.3) is 5.56 Å². The smallest absolute Gasteiger partial charge is 0.262 e. The van der Waals surface area contributed by atoms with Gasteiger partial charge in [-0.1, -0.05) is 42.5 Å². The molecule has 0 bridgehead atoms. The average Bonchev–Trinajstić information content (AvgIpc) is 2.75. The predicted molar refractivity (Wildman–Crippen MR) is 123 cm³/mol. The Morgan fingerprint density at radius 1 is 0.903 bits per heavy atom. The van der Waals surface area contributed by atoms with Crippen LogP contribution in [0.1, 0.15) is 38.8 Å². The number of nitrogens with zero attached hydrogens (tertiary/aromatic N) is 1. The van der Waals surface area contributed by atoms with Crippen molar-refractivity contribution in [3.63, 3.8) is 0 Å². The third-order valence-corrected chi connectivity index (χ3v) is 5.92. The second kappa shape index (κ2) is 6.77. The molecule has 5 nitrogen and oxygen atoms in total. The normalized spacial score (nSPS) is 12.0. The molecular formula is C26H20N2O3. The fourth-order valence-electron chi connectivity index (χ4n) is 4.63. The van der Waals surface area contributed by atoms with E-state index in [0.29, 0.717) is 38.8 Å². The summed E-state index contributed by atoms with van der Waals surface area (Å²) in [6.45, 7) is 3.31. The van der Waals surface area contributed by atoms with Gasteiger partial charge in [0.2, 0.25) is 0 Å². The molecule has 4 aromatic rings. The molecule has 0 spiro atoms. The fourth-order valence-corrected chi connectivity index (χ4v) is 4.63. The molecule has 1 N–H and O–H groups in total. The van der Waals surface area contributed by atoms with Crippen LogP contribution in [0, 0.1) is 6.92 Å². The lowest BCUT2D eigenvalue weighted by Crippen LogP contribution is -2.28. The highest BCUT2D eigenvalue weighted by Gasteiger charge is 2.33. The number of nitrogens with one attached hydrogen (secondary N) is 1. The number of hydrogen-bond donors (Lipinski definition) is 1. The number of aryl methyl sites for hydroxylation is 2. The molecule has 0 atom stereocenters. The number of benzene rings is 3. The van der Waals surface area contributed by atoms with Crippen LogP contribution in [0.4, 0.5) is 11.4 Å². The van der Waals surface area contributed by atoms with Gasteiger partial charge < -0.3 is 9.88 Å². The number of ketones is 2. The van der Waals surface area contributed by atoms with Crippen molar-refractivity contribution < 1.29 is 9.59 Å². The van der Waals surface area contributed by atoms with Crippen molar-refractivity contribution in [1.29, 1.82) is 0 Å². The Morgan fingerprint density at radius 2 is 1.55 bits per heavy atom. The number of Topliss-reactive ketones (excluding diaryl/α,β-unsaturated/α-hetero) is 1. The van der Waals surface area contributed by atoms with Crippen molar-refractivity contribution in [1.82, 2.24) is 4.57 Å². The Balaban J connectivity index is 2.00. The number of carbonyl (C=O) groups is 2. The number of para-hydroxylation sites is 1. The molecule has 5 rings (SSSR count). The first-order valence-corrected chi connectivity index (χ1v) is 10.1. The minimum Gasteiger partial charge on any atom is -0.355 e. The number of anilines is 2. The van der Waals surface area contributed by atoms with Crippen molar-refractivity contribution in [2.24, 2.45) is 7.05 Å². The third kappa shape index (κ3) is 2.66. The Hall–Kier alpha value is -3.99. The van der Waals surface area contributed by atoms with Crippen LogP contribution in [-0.2, 0) is 7.05 Å². The average molecular weight is 408 g/mol. The van der Waals surface area contributed by atoms with E-state index in [2.05, 4.69) is 5.32 Å². The summed E-state index contributed by atoms with van der Waals surface area (Å²) >= 11 is 0. The quantitative estimate of drug-likeness (QED) is 0.427. The van der Waals surface area contributed by atoms with E-state index in [1.54, 1.807) is 19.2 Å². The SMILES string of the molecule is CC(=O)c1c2c3c(c(Nc4ccccc4)cc(C)c3n(C)c1=O)C(=O)c1ccccc1-2. The van der Waals surface area contributed by atoms with E-state index < -0.39 is 0 Å². The maximum absolute atomic E-state index is 13.7. The molecular weight excluding hydrogens is 388 g/mol. The van der Waals surface area contributed by atoms with Gasteiger partial charge in [-0.25, -0.2) is 0 Å². The van der Waals surface area contributed by atoms with Gasteiger partial charge in [0.05, 0.1) is 22.3 Å². The van der Waals surface area contributed by atoms with Crippen LogP contribution in [0.5, 0.6) is 0 Å². The Morgan fingerprint density at radius 3 is 2.23 bits per heavy atom. The number of hydrogen-bond acceptors (Lipinski definition) is 4. The molecule has 0 fully saturated rings. The molecule has 0 saturated carbocycles. The first-order chi connectivity index (χ1) is 14.9. The largest absolute Gasteiger partial charge is 0.355 e. The van der Waals surface area contributed by atoms with Crippen molar-refractivity contribution in [3.8, 4) is 11.1 Å². The Kier molecular flexibility index (Phi) is 4.15. The van der Waals surface area contributed by atoms with E-state index in [9.17, 15) is 14.4 Å². The molecule has 152 valence electrons. The summed E-state index contributed by atoms with van der Waals surface area (Å²) in [5.41, 5.74) is 4.95. The summed E-state index contributed by atoms with van der Waals surface area (Å²) in [7, 11) is 1.65. The van der Waals surface area contributed by atoms with Crippen LogP contribution >= 0.6 is 0 Å². The van der Waals surface area contributed by atoms with Crippen LogP contribution in [0.3, 0.4) is 0 Å². The van der Waals surface area contributed by atoms with Crippen LogP contribution in [0.15, 0.2) is 65.5 Å². The topological polar surface area (TPSA) is 68.2 Å². The highest BCUT2D eigenvalue weighted by atomic mass is 16.1. The lowest BCUT2D eigenvalue weighted by molar-refractivity contribution is 0.101. The van der Waals surface area contributed by atoms with E-state index in [0.717, 1.165) is 11.3 Å². The van der Waals surface area contributed by atoms with Gasteiger partial charge in [0.1, 0.15) is 0 Å². The van der Waals surface area contributed by atoms with Gasteiger partial charge in [-0.05, 0) is 43.2 Å². The fraction of sp³-hybridized carbons (Fsp3) is 0.115. The Labute approximate surface area is 179 Å². The lowest BCUT2D eigenvalue weighted by Gasteiger charge is -2.26. The van der Waals surface area contributed by atoms with Crippen LogP contribution in [0.2, 0.25) is 0 Å². The van der Waals surface area contributed by atoms with E-state index >= 15 is 0 Å². The van der Waals surface area contributed by atoms with Crippen molar-refractivity contribution in [2.75, 3.05) is 5.32 Å². The van der Waals surface area contributed by atoms with Crippen molar-refractivity contribution in [2.45, 2.75) is 13.8 Å². The number of aromatic nitrogens is 1. The predicted octanol–water partition coefficient (Wildman–Crippen LogP) is 5.00. The van der Waals surface area contributed by atoms with Crippen LogP contribution in [0.25, 0.3) is 22.0 Å². The molecule has 0 unspecified atom stereocenters. The Bertz CT molecular complexity index is 1480. The van der Waals surface area contributed by atoms with Gasteiger partial charge in [-0.3, -0.25) is 14.4 Å². The zero-order valence-electron chi connectivity index (χ0n) is 17.4. The van der Waals surface area contributed by atoms with Gasteiger partial charge in [0, 0.05) is 29.2 Å². The van der Waals surface area contributed by atoms with E-state index in [-0.39, 0.29) is 22.7 Å². The lowest BCUT2D eigenvalue weighted by atomic mass is 9.80. The van der Waals surface area contributed by atoms with E-state index in [4.69, 9.17) is 0 Å². The maximum atomic E-state index is 13.7. The summed E-state index contributed by atoms with van der Waals surface area (Å²) in [4.78, 5) is 39.5. The zero-order valence-corrected chi connectivity index (χ0v) is 17.4. The molecule has 5 heteroatoms. The molecule has 0 aliphatic heterocycles. The second-order valence-electron chi connectivity index (χ2n) is 7.88. The van der Waals surface area contributed by atoms with Crippen LogP contribution in [-0.4, -0.2) is 16.1 Å². The summed E-state index contributed by atoms with van der Waals surface area (Å²) in [5.74, 6) is -0.439. The van der Waals surface area contributed by atoms with E-state index in [1.807, 2.05) is 55.5 Å². The number of fused-ring (bicyclic) bond motifs is 2. The van der Waals surface area contributed by atoms with Gasteiger partial charge in [-0.2, -0.15) is 0 Å². The van der Waals surface area contributed by atoms with Crippen molar-refractivity contribution >= 4 is 33.8 Å². The molecule has 0 saturated heterocycles. The van der Waals surface area contributed by atoms with Gasteiger partial charge in [0.15, 0.2) is 11.6 Å². The zero-order chi connectivity index (χ0) is 21.9. The highest BCUT2D eigenvalue weighted by Crippen LogP contribution is 2.44. The standard InChI is InChI=1S/C26H20N2O3/c1-14-13-19(27-16-9-5-4-6-10-16)22-23-21(17-11-7-8-12-18(17)25(22)30)20(15(2)29)26(31)28(3)24(14)23/h4-13,27H,1-3H3. The molecule has 0 amide bonds. The number of carbonyl (C=O) groups excluding carboxylic acids is 2. The van der Waals surface area contributed by atoms with Crippen LogP contribution < -0.4 is 10.9 Å².